The van der Waals surface area contributed by atoms with Crippen LogP contribution in [-0.4, -0.2) is 19.9 Å². The van der Waals surface area contributed by atoms with Crippen LogP contribution in [0, 0.1) is 0 Å². The molecule has 2 heterocycles. The number of aromatic nitrogens is 4. The zero-order valence-electron chi connectivity index (χ0n) is 21.5. The zero-order chi connectivity index (χ0) is 26.5. The van der Waals surface area contributed by atoms with Crippen LogP contribution in [0.2, 0.25) is 0 Å². The van der Waals surface area contributed by atoms with Crippen molar-refractivity contribution in [1.29, 1.82) is 0 Å². The lowest BCUT2D eigenvalue weighted by atomic mass is 9.96. The van der Waals surface area contributed by atoms with Gasteiger partial charge in [-0.05, 0) is 44.7 Å². The van der Waals surface area contributed by atoms with Crippen LogP contribution >= 0.6 is 0 Å². The minimum absolute atomic E-state index is 0.693. The van der Waals surface area contributed by atoms with Gasteiger partial charge in [-0.1, -0.05) is 109 Å². The molecule has 0 atom stereocenters. The predicted molar refractivity (Wildman–Crippen MR) is 161 cm³/mol. The van der Waals surface area contributed by atoms with Gasteiger partial charge in [-0.2, -0.15) is 0 Å². The molecule has 2 aromatic heterocycles. The van der Waals surface area contributed by atoms with Crippen molar-refractivity contribution >= 4 is 10.8 Å². The summed E-state index contributed by atoms with van der Waals surface area (Å²) in [7, 11) is 0. The molecule has 40 heavy (non-hydrogen) atoms. The minimum Gasteiger partial charge on any atom is -0.244 e. The lowest BCUT2D eigenvalue weighted by Crippen LogP contribution is -1.96. The van der Waals surface area contributed by atoms with Gasteiger partial charge in [0.05, 0.1) is 11.4 Å². The molecule has 0 N–H and O–H groups in total. The molecule has 5 aromatic carbocycles. The lowest BCUT2D eigenvalue weighted by molar-refractivity contribution is 1.17. The van der Waals surface area contributed by atoms with Crippen LogP contribution in [0.5, 0.6) is 0 Å². The maximum Gasteiger partial charge on any atom is 0.160 e. The Bertz CT molecular complexity index is 2000. The summed E-state index contributed by atoms with van der Waals surface area (Å²) in [5.41, 5.74) is 12.1. The molecule has 0 saturated carbocycles. The van der Waals surface area contributed by atoms with Gasteiger partial charge >= 0.3 is 0 Å². The molecule has 0 amide bonds. The summed E-state index contributed by atoms with van der Waals surface area (Å²) in [6.07, 6.45) is 5.18. The highest BCUT2D eigenvalue weighted by atomic mass is 14.9. The van der Waals surface area contributed by atoms with Gasteiger partial charge in [-0.3, -0.25) is 0 Å². The van der Waals surface area contributed by atoms with Gasteiger partial charge in [0.1, 0.15) is 6.33 Å². The molecule has 0 spiro atoms. The van der Waals surface area contributed by atoms with Crippen LogP contribution < -0.4 is 0 Å². The van der Waals surface area contributed by atoms with E-state index in [0.717, 1.165) is 39.2 Å². The fraction of sp³-hybridized carbons (Fsp3) is 0. The van der Waals surface area contributed by atoms with Crippen molar-refractivity contribution in [3.05, 3.63) is 134 Å². The van der Waals surface area contributed by atoms with Crippen molar-refractivity contribution in [3.8, 4) is 67.3 Å². The second-order valence-electron chi connectivity index (χ2n) is 9.97. The van der Waals surface area contributed by atoms with Crippen LogP contribution in [0.3, 0.4) is 0 Å². The van der Waals surface area contributed by atoms with Gasteiger partial charge in [-0.25, -0.2) is 19.9 Å². The third-order valence-corrected chi connectivity index (χ3v) is 7.66. The molecule has 7 aromatic rings. The Morgan fingerprint density at radius 1 is 0.400 bits per heavy atom. The van der Waals surface area contributed by atoms with Crippen molar-refractivity contribution in [2.24, 2.45) is 0 Å². The number of benzene rings is 5. The molecule has 0 fully saturated rings. The van der Waals surface area contributed by atoms with Gasteiger partial charge < -0.3 is 0 Å². The van der Waals surface area contributed by atoms with E-state index in [2.05, 4.69) is 107 Å². The monoisotopic (exact) mass is 510 g/mol. The highest BCUT2D eigenvalue weighted by molar-refractivity contribution is 6.18. The third-order valence-electron chi connectivity index (χ3n) is 7.66. The first kappa shape index (κ1) is 22.5. The SMILES string of the molecule is c1ccc(-c2cc(-c3ccc4c5c(cccc35)-c3ccccc3-4)nc(-c3ccc(-c4cncnc4)cc3)n2)cc1. The molecule has 4 nitrogen and oxygen atoms in total. The van der Waals surface area contributed by atoms with E-state index >= 15 is 0 Å². The van der Waals surface area contributed by atoms with Crippen LogP contribution in [-0.2, 0) is 0 Å². The topological polar surface area (TPSA) is 51.6 Å². The standard InChI is InChI=1S/C36H22N4/c1-2-7-24(8-3-1)33-19-34(40-36(39-33)25-15-13-23(14-16-25)26-20-37-22-38-21-26)29-17-18-32-28-10-5-4-9-27(28)30-11-6-12-31(29)35(30)32/h1-22H. The van der Waals surface area contributed by atoms with Crippen LogP contribution in [0.25, 0.3) is 78.1 Å². The fourth-order valence-electron chi connectivity index (χ4n) is 5.76. The minimum atomic E-state index is 0.693. The summed E-state index contributed by atoms with van der Waals surface area (Å²) in [4.78, 5) is 18.5. The molecule has 0 radical (unpaired) electrons. The van der Waals surface area contributed by atoms with Gasteiger partial charge in [0, 0.05) is 34.6 Å². The van der Waals surface area contributed by atoms with Crippen molar-refractivity contribution in [2.75, 3.05) is 0 Å². The molecule has 1 aliphatic carbocycles. The average molecular weight is 511 g/mol. The quantitative estimate of drug-likeness (QED) is 0.237. The van der Waals surface area contributed by atoms with Crippen LogP contribution in [0.4, 0.5) is 0 Å². The van der Waals surface area contributed by atoms with Gasteiger partial charge in [-0.15, -0.1) is 0 Å². The van der Waals surface area contributed by atoms with E-state index in [-0.39, 0.29) is 0 Å². The van der Waals surface area contributed by atoms with E-state index in [4.69, 9.17) is 9.97 Å². The smallest absolute Gasteiger partial charge is 0.160 e. The van der Waals surface area contributed by atoms with Crippen molar-refractivity contribution < 1.29 is 0 Å². The summed E-state index contributed by atoms with van der Waals surface area (Å²) < 4.78 is 0. The van der Waals surface area contributed by atoms with Crippen LogP contribution in [0.15, 0.2) is 134 Å². The molecule has 8 rings (SSSR count). The molecular weight excluding hydrogens is 488 g/mol. The summed E-state index contributed by atoms with van der Waals surface area (Å²) in [5.74, 6) is 0.693. The molecule has 0 saturated heterocycles. The Hall–Kier alpha value is -5.48. The van der Waals surface area contributed by atoms with E-state index in [9.17, 15) is 0 Å². The summed E-state index contributed by atoms with van der Waals surface area (Å²) in [6.45, 7) is 0. The van der Waals surface area contributed by atoms with E-state index in [1.54, 1.807) is 6.33 Å². The van der Waals surface area contributed by atoms with E-state index in [1.807, 2.05) is 30.6 Å². The first-order valence-electron chi connectivity index (χ1n) is 13.3. The summed E-state index contributed by atoms with van der Waals surface area (Å²) in [6, 6.07) is 40.4. The maximum atomic E-state index is 5.15. The second kappa shape index (κ2) is 9.07. The molecular formula is C36H22N4. The van der Waals surface area contributed by atoms with Crippen molar-refractivity contribution in [1.82, 2.24) is 19.9 Å². The fourth-order valence-corrected chi connectivity index (χ4v) is 5.76. The second-order valence-corrected chi connectivity index (χ2v) is 9.97. The van der Waals surface area contributed by atoms with Crippen molar-refractivity contribution in [3.63, 3.8) is 0 Å². The van der Waals surface area contributed by atoms with Crippen molar-refractivity contribution in [2.45, 2.75) is 0 Å². The molecule has 0 bridgehead atoms. The number of rotatable bonds is 4. The Morgan fingerprint density at radius 2 is 1.02 bits per heavy atom. The average Bonchev–Trinajstić information content (AvgIpc) is 3.37. The number of hydrogen-bond donors (Lipinski definition) is 0. The molecule has 4 heteroatoms. The summed E-state index contributed by atoms with van der Waals surface area (Å²) >= 11 is 0. The predicted octanol–water partition coefficient (Wildman–Crippen LogP) is 8.74. The number of nitrogens with zero attached hydrogens (tertiary/aromatic N) is 4. The first-order valence-corrected chi connectivity index (χ1v) is 13.3. The Labute approximate surface area is 231 Å². The third kappa shape index (κ3) is 3.62. The zero-order valence-corrected chi connectivity index (χ0v) is 21.5. The lowest BCUT2D eigenvalue weighted by Gasteiger charge is -2.13. The summed E-state index contributed by atoms with van der Waals surface area (Å²) in [5, 5.41) is 2.49. The highest BCUT2D eigenvalue weighted by Gasteiger charge is 2.23. The Morgan fingerprint density at radius 3 is 1.80 bits per heavy atom. The molecule has 1 aliphatic rings. The highest BCUT2D eigenvalue weighted by Crippen LogP contribution is 2.49. The molecule has 0 aliphatic heterocycles. The van der Waals surface area contributed by atoms with Gasteiger partial charge in [0.25, 0.3) is 0 Å². The Kier molecular flexibility index (Phi) is 5.10. The normalized spacial score (nSPS) is 11.5. The molecule has 0 unspecified atom stereocenters. The van der Waals surface area contributed by atoms with E-state index in [0.29, 0.717) is 5.82 Å². The maximum absolute atomic E-state index is 5.15. The number of hydrogen-bond acceptors (Lipinski definition) is 4. The largest absolute Gasteiger partial charge is 0.244 e. The van der Waals surface area contributed by atoms with E-state index in [1.165, 1.54) is 33.0 Å². The van der Waals surface area contributed by atoms with Crippen LogP contribution in [0.1, 0.15) is 0 Å². The Balaban J connectivity index is 1.32. The van der Waals surface area contributed by atoms with Gasteiger partial charge in [0.2, 0.25) is 0 Å². The van der Waals surface area contributed by atoms with Gasteiger partial charge in [0.15, 0.2) is 5.82 Å². The first-order chi connectivity index (χ1) is 19.8. The molecule has 186 valence electrons. The number of fused-ring (bicyclic) bond motifs is 3. The van der Waals surface area contributed by atoms with E-state index < -0.39 is 0 Å².